The number of benzene rings is 1. The predicted molar refractivity (Wildman–Crippen MR) is 132 cm³/mol. The molecule has 2 atom stereocenters. The summed E-state index contributed by atoms with van der Waals surface area (Å²) in [4.78, 5) is 43.5. The SMILES string of the molecule is CCOC(=O)Cn1cncc1/C=C1\CN(C(C(=O)C2CC2)c2ccccc2F)CCC1SC(C)=O. The molecule has 1 aliphatic heterocycles. The number of thioether (sulfide) groups is 1. The van der Waals surface area contributed by atoms with E-state index in [-0.39, 0.29) is 40.4 Å². The Balaban J connectivity index is 1.65. The molecule has 4 rings (SSSR count). The molecule has 9 heteroatoms. The molecule has 2 fully saturated rings. The van der Waals surface area contributed by atoms with Gasteiger partial charge in [-0.15, -0.1) is 0 Å². The van der Waals surface area contributed by atoms with Crippen LogP contribution in [0.1, 0.15) is 50.4 Å². The van der Waals surface area contributed by atoms with E-state index < -0.39 is 6.04 Å². The van der Waals surface area contributed by atoms with Crippen LogP contribution in [0.5, 0.6) is 0 Å². The first-order chi connectivity index (χ1) is 16.9. The van der Waals surface area contributed by atoms with Gasteiger partial charge in [-0.25, -0.2) is 9.37 Å². The lowest BCUT2D eigenvalue weighted by molar-refractivity contribution is -0.143. The van der Waals surface area contributed by atoms with Crippen molar-refractivity contribution in [3.63, 3.8) is 0 Å². The van der Waals surface area contributed by atoms with Gasteiger partial charge in [0.2, 0.25) is 0 Å². The number of piperidine rings is 1. The van der Waals surface area contributed by atoms with Gasteiger partial charge in [0, 0.05) is 36.7 Å². The second-order valence-electron chi connectivity index (χ2n) is 8.93. The lowest BCUT2D eigenvalue weighted by atomic mass is 9.93. The summed E-state index contributed by atoms with van der Waals surface area (Å²) in [6.07, 6.45) is 7.48. The van der Waals surface area contributed by atoms with E-state index in [0.29, 0.717) is 37.4 Å². The van der Waals surface area contributed by atoms with E-state index >= 15 is 0 Å². The average molecular weight is 500 g/mol. The van der Waals surface area contributed by atoms with Crippen LogP contribution in [0, 0.1) is 11.7 Å². The van der Waals surface area contributed by atoms with Gasteiger partial charge >= 0.3 is 5.97 Å². The number of ketones is 1. The highest BCUT2D eigenvalue weighted by atomic mass is 32.2. The largest absolute Gasteiger partial charge is 0.465 e. The Bertz CT molecular complexity index is 1130. The molecule has 0 spiro atoms. The Labute approximate surface area is 208 Å². The molecule has 1 saturated heterocycles. The number of Topliss-reactive ketones (excluding diaryl/α,β-unsaturated/α-hetero) is 1. The Hall–Kier alpha value is -2.78. The molecule has 2 aliphatic rings. The van der Waals surface area contributed by atoms with Crippen molar-refractivity contribution in [3.8, 4) is 0 Å². The fourth-order valence-corrected chi connectivity index (χ4v) is 5.43. The smallest absolute Gasteiger partial charge is 0.325 e. The van der Waals surface area contributed by atoms with Crippen molar-refractivity contribution in [3.05, 3.63) is 59.4 Å². The molecule has 7 nitrogen and oxygen atoms in total. The Morgan fingerprint density at radius 2 is 2.03 bits per heavy atom. The molecular formula is C26H30FN3O4S. The molecule has 0 bridgehead atoms. The molecule has 1 aromatic heterocycles. The number of esters is 1. The molecule has 2 aromatic rings. The minimum Gasteiger partial charge on any atom is -0.465 e. The zero-order chi connectivity index (χ0) is 24.9. The third kappa shape index (κ3) is 6.27. The first-order valence-electron chi connectivity index (χ1n) is 11.9. The summed E-state index contributed by atoms with van der Waals surface area (Å²) in [5.74, 6) is -0.716. The fourth-order valence-electron chi connectivity index (χ4n) is 4.51. The number of aromatic nitrogens is 2. The summed E-state index contributed by atoms with van der Waals surface area (Å²) in [7, 11) is 0. The third-order valence-electron chi connectivity index (χ3n) is 6.28. The number of rotatable bonds is 9. The van der Waals surface area contributed by atoms with Crippen LogP contribution in [-0.2, 0) is 25.7 Å². The van der Waals surface area contributed by atoms with Gasteiger partial charge in [0.1, 0.15) is 12.4 Å². The lowest BCUT2D eigenvalue weighted by Gasteiger charge is -2.38. The molecule has 0 radical (unpaired) electrons. The topological polar surface area (TPSA) is 81.5 Å². The van der Waals surface area contributed by atoms with E-state index in [4.69, 9.17) is 4.74 Å². The number of imidazole rings is 1. The maximum Gasteiger partial charge on any atom is 0.325 e. The highest BCUT2D eigenvalue weighted by Gasteiger charge is 2.41. The van der Waals surface area contributed by atoms with Gasteiger partial charge in [0.25, 0.3) is 0 Å². The van der Waals surface area contributed by atoms with E-state index in [1.807, 2.05) is 11.0 Å². The minimum atomic E-state index is -0.667. The Kier molecular flexibility index (Phi) is 8.18. The number of halogens is 1. The van der Waals surface area contributed by atoms with Gasteiger partial charge in [-0.1, -0.05) is 30.0 Å². The van der Waals surface area contributed by atoms with Crippen molar-refractivity contribution in [2.75, 3.05) is 19.7 Å². The number of nitrogens with zero attached hydrogens (tertiary/aromatic N) is 3. The fraction of sp³-hybridized carbons (Fsp3) is 0.462. The van der Waals surface area contributed by atoms with E-state index in [9.17, 15) is 18.8 Å². The molecular weight excluding hydrogens is 469 g/mol. The minimum absolute atomic E-state index is 0.00842. The molecule has 0 amide bonds. The van der Waals surface area contributed by atoms with Crippen LogP contribution in [0.15, 0.2) is 42.4 Å². The van der Waals surface area contributed by atoms with Crippen molar-refractivity contribution in [2.45, 2.75) is 50.9 Å². The van der Waals surface area contributed by atoms with Gasteiger partial charge in [-0.3, -0.25) is 19.3 Å². The summed E-state index contributed by atoms with van der Waals surface area (Å²) >= 11 is 1.26. The van der Waals surface area contributed by atoms with Gasteiger partial charge in [0.05, 0.1) is 30.9 Å². The monoisotopic (exact) mass is 499 g/mol. The highest BCUT2D eigenvalue weighted by Crippen LogP contribution is 2.40. The van der Waals surface area contributed by atoms with Gasteiger partial charge in [0.15, 0.2) is 10.9 Å². The maximum atomic E-state index is 14.8. The van der Waals surface area contributed by atoms with Gasteiger partial charge < -0.3 is 9.30 Å². The average Bonchev–Trinajstić information content (AvgIpc) is 3.58. The predicted octanol–water partition coefficient (Wildman–Crippen LogP) is 4.04. The normalized spacial score (nSPS) is 20.5. The van der Waals surface area contributed by atoms with Crippen molar-refractivity contribution >= 4 is 34.7 Å². The van der Waals surface area contributed by atoms with Crippen molar-refractivity contribution in [2.24, 2.45) is 5.92 Å². The number of carbonyl (C=O) groups is 3. The number of hydrogen-bond acceptors (Lipinski definition) is 7. The lowest BCUT2D eigenvalue weighted by Crippen LogP contribution is -2.43. The standard InChI is InChI=1S/C26H30FN3O4S/c1-3-34-24(32)15-30-16-28-13-20(30)12-19-14-29(11-10-23(19)35-17(2)31)25(26(33)18-8-9-18)21-6-4-5-7-22(21)27/h4-7,12-13,16,18,23,25H,3,8-11,14-15H2,1-2H3/b19-12+. The zero-order valence-corrected chi connectivity index (χ0v) is 20.8. The van der Waals surface area contributed by atoms with Crippen molar-refractivity contribution < 1.29 is 23.5 Å². The molecule has 2 heterocycles. The first kappa shape index (κ1) is 25.3. The third-order valence-corrected chi connectivity index (χ3v) is 7.44. The summed E-state index contributed by atoms with van der Waals surface area (Å²) in [6.45, 7) is 4.60. The van der Waals surface area contributed by atoms with Crippen LogP contribution in [0.2, 0.25) is 0 Å². The van der Waals surface area contributed by atoms with Crippen LogP contribution in [0.4, 0.5) is 4.39 Å². The molecule has 2 unspecified atom stereocenters. The Morgan fingerprint density at radius 1 is 1.26 bits per heavy atom. The quantitative estimate of drug-likeness (QED) is 0.482. The maximum absolute atomic E-state index is 14.8. The summed E-state index contributed by atoms with van der Waals surface area (Å²) in [5, 5.41) is -0.0684. The highest BCUT2D eigenvalue weighted by molar-refractivity contribution is 8.14. The number of hydrogen-bond donors (Lipinski definition) is 0. The number of likely N-dealkylation sites (tertiary alicyclic amines) is 1. The molecule has 0 N–H and O–H groups in total. The summed E-state index contributed by atoms with van der Waals surface area (Å²) < 4.78 is 21.6. The van der Waals surface area contributed by atoms with E-state index in [0.717, 1.165) is 18.4 Å². The van der Waals surface area contributed by atoms with Crippen molar-refractivity contribution in [1.29, 1.82) is 0 Å². The molecule has 1 saturated carbocycles. The zero-order valence-electron chi connectivity index (χ0n) is 20.0. The summed E-state index contributed by atoms with van der Waals surface area (Å²) in [6, 6.07) is 5.80. The second kappa shape index (κ2) is 11.3. The molecule has 186 valence electrons. The van der Waals surface area contributed by atoms with E-state index in [1.165, 1.54) is 17.8 Å². The van der Waals surface area contributed by atoms with Gasteiger partial charge in [-0.2, -0.15) is 0 Å². The van der Waals surface area contributed by atoms with E-state index in [2.05, 4.69) is 4.98 Å². The second-order valence-corrected chi connectivity index (χ2v) is 10.3. The molecule has 1 aliphatic carbocycles. The van der Waals surface area contributed by atoms with Crippen LogP contribution in [0.25, 0.3) is 6.08 Å². The Morgan fingerprint density at radius 3 is 2.71 bits per heavy atom. The molecule has 1 aromatic carbocycles. The van der Waals surface area contributed by atoms with Crippen LogP contribution in [-0.4, -0.2) is 56.3 Å². The van der Waals surface area contributed by atoms with E-state index in [1.54, 1.807) is 49.1 Å². The molecule has 35 heavy (non-hydrogen) atoms. The van der Waals surface area contributed by atoms with Crippen LogP contribution >= 0.6 is 11.8 Å². The summed E-state index contributed by atoms with van der Waals surface area (Å²) in [5.41, 5.74) is 2.04. The van der Waals surface area contributed by atoms with Gasteiger partial charge in [-0.05, 0) is 43.9 Å². The van der Waals surface area contributed by atoms with Crippen LogP contribution < -0.4 is 0 Å². The van der Waals surface area contributed by atoms with Crippen molar-refractivity contribution in [1.82, 2.24) is 14.5 Å². The number of ether oxygens (including phenoxy) is 1. The first-order valence-corrected chi connectivity index (χ1v) is 12.8. The van der Waals surface area contributed by atoms with Crippen LogP contribution in [0.3, 0.4) is 0 Å². The number of carbonyl (C=O) groups excluding carboxylic acids is 3.